The lowest BCUT2D eigenvalue weighted by atomic mass is 9.48. The number of hydrogen-bond donors (Lipinski definition) is 0. The smallest absolute Gasteiger partial charge is 0.133 e. The molecule has 2 heteroatoms. The first-order valence-electron chi connectivity index (χ1n) is 7.93. The van der Waals surface area contributed by atoms with Gasteiger partial charge in [-0.15, -0.1) is 0 Å². The fourth-order valence-corrected chi connectivity index (χ4v) is 4.64. The molecule has 0 radical (unpaired) electrons. The summed E-state index contributed by atoms with van der Waals surface area (Å²) >= 11 is 0. The Balaban J connectivity index is 2.12. The molecule has 0 amide bonds. The number of nitriles is 2. The van der Waals surface area contributed by atoms with Gasteiger partial charge in [0, 0.05) is 0 Å². The van der Waals surface area contributed by atoms with Gasteiger partial charge in [-0.25, -0.2) is 0 Å². The van der Waals surface area contributed by atoms with E-state index in [0.717, 1.165) is 33.4 Å². The second kappa shape index (κ2) is 4.13. The Morgan fingerprint density at radius 1 is 0.458 bits per heavy atom. The van der Waals surface area contributed by atoms with Gasteiger partial charge in [-0.3, -0.25) is 0 Å². The highest BCUT2D eigenvalue weighted by molar-refractivity contribution is 5.80. The molecule has 0 saturated heterocycles. The van der Waals surface area contributed by atoms with E-state index in [1.54, 1.807) is 0 Å². The second-order valence-electron chi connectivity index (χ2n) is 6.36. The molecule has 2 bridgehead atoms. The standard InChI is InChI=1S/C22H12N2/c23-13-21-15-7-1-2-8-16(15)22(14-24,19-11-5-3-9-17(19)21)20-12-6-4-10-18(20)21/h1-12H. The Hall–Kier alpha value is -3.36. The molecular formula is C22H12N2. The van der Waals surface area contributed by atoms with Crippen LogP contribution in [0.5, 0.6) is 0 Å². The number of hydrogen-bond acceptors (Lipinski definition) is 2. The van der Waals surface area contributed by atoms with Crippen LogP contribution in [0.3, 0.4) is 0 Å². The van der Waals surface area contributed by atoms with Crippen LogP contribution in [0.25, 0.3) is 0 Å². The third-order valence-electron chi connectivity index (χ3n) is 5.54. The summed E-state index contributed by atoms with van der Waals surface area (Å²) in [6.45, 7) is 0. The number of nitrogens with zero attached hydrogens (tertiary/aromatic N) is 2. The average molecular weight is 304 g/mol. The summed E-state index contributed by atoms with van der Waals surface area (Å²) in [4.78, 5) is 0. The Morgan fingerprint density at radius 2 is 0.667 bits per heavy atom. The molecule has 0 aromatic heterocycles. The van der Waals surface area contributed by atoms with Crippen LogP contribution in [0.15, 0.2) is 72.8 Å². The van der Waals surface area contributed by atoms with Crippen LogP contribution in [0.1, 0.15) is 33.4 Å². The molecule has 0 N–H and O–H groups in total. The topological polar surface area (TPSA) is 47.6 Å². The van der Waals surface area contributed by atoms with Gasteiger partial charge in [-0.2, -0.15) is 10.5 Å². The van der Waals surface area contributed by atoms with Gasteiger partial charge in [-0.05, 0) is 33.4 Å². The van der Waals surface area contributed by atoms with E-state index >= 15 is 0 Å². The van der Waals surface area contributed by atoms with Crippen molar-refractivity contribution < 1.29 is 0 Å². The number of benzene rings is 3. The van der Waals surface area contributed by atoms with Crippen LogP contribution in [0, 0.1) is 22.7 Å². The molecule has 0 heterocycles. The zero-order chi connectivity index (χ0) is 16.4. The monoisotopic (exact) mass is 304 g/mol. The Kier molecular flexibility index (Phi) is 2.26. The second-order valence-corrected chi connectivity index (χ2v) is 6.36. The highest BCUT2D eigenvalue weighted by atomic mass is 14.6. The minimum atomic E-state index is -0.845. The third kappa shape index (κ3) is 1.13. The van der Waals surface area contributed by atoms with Gasteiger partial charge >= 0.3 is 0 Å². The van der Waals surface area contributed by atoms with Gasteiger partial charge in [0.15, 0.2) is 0 Å². The van der Waals surface area contributed by atoms with Crippen molar-refractivity contribution in [3.8, 4) is 12.1 Å². The van der Waals surface area contributed by atoms with Crippen molar-refractivity contribution in [3.63, 3.8) is 0 Å². The van der Waals surface area contributed by atoms with Crippen molar-refractivity contribution in [2.75, 3.05) is 0 Å². The third-order valence-corrected chi connectivity index (χ3v) is 5.54. The summed E-state index contributed by atoms with van der Waals surface area (Å²) in [5.41, 5.74) is 3.93. The maximum atomic E-state index is 10.3. The quantitative estimate of drug-likeness (QED) is 0.629. The summed E-state index contributed by atoms with van der Waals surface area (Å²) in [6.07, 6.45) is 0. The molecule has 0 unspecified atom stereocenters. The van der Waals surface area contributed by atoms with Crippen molar-refractivity contribution in [2.45, 2.75) is 10.8 Å². The SMILES string of the molecule is N#CC12c3ccccc3C(C#N)(c3ccccc31)c1ccccc12. The first kappa shape index (κ1) is 13.1. The van der Waals surface area contributed by atoms with E-state index in [2.05, 4.69) is 12.1 Å². The molecule has 110 valence electrons. The van der Waals surface area contributed by atoms with Crippen molar-refractivity contribution in [3.05, 3.63) is 106 Å². The molecule has 3 aromatic rings. The van der Waals surface area contributed by atoms with Crippen LogP contribution < -0.4 is 0 Å². The van der Waals surface area contributed by atoms with E-state index < -0.39 is 10.8 Å². The predicted molar refractivity (Wildman–Crippen MR) is 90.3 cm³/mol. The molecule has 3 aromatic carbocycles. The average Bonchev–Trinajstić information content (AvgIpc) is 2.67. The summed E-state index contributed by atoms with van der Waals surface area (Å²) in [6, 6.07) is 28.9. The van der Waals surface area contributed by atoms with Gasteiger partial charge in [0.2, 0.25) is 0 Å². The molecule has 0 fully saturated rings. The highest BCUT2D eigenvalue weighted by Gasteiger charge is 2.59. The normalized spacial score (nSPS) is 24.9. The van der Waals surface area contributed by atoms with Crippen molar-refractivity contribution in [1.29, 1.82) is 10.5 Å². The fraction of sp³-hybridized carbons (Fsp3) is 0.0909. The Labute approximate surface area is 140 Å². The molecule has 0 aliphatic heterocycles. The van der Waals surface area contributed by atoms with E-state index in [1.165, 1.54) is 0 Å². The summed E-state index contributed by atoms with van der Waals surface area (Å²) < 4.78 is 0. The van der Waals surface area contributed by atoms with Crippen molar-refractivity contribution >= 4 is 0 Å². The molecule has 6 rings (SSSR count). The minimum absolute atomic E-state index is 0.845. The van der Waals surface area contributed by atoms with Crippen LogP contribution in [-0.4, -0.2) is 0 Å². The highest BCUT2D eigenvalue weighted by Crippen LogP contribution is 2.61. The van der Waals surface area contributed by atoms with Gasteiger partial charge in [-0.1, -0.05) is 72.8 Å². The van der Waals surface area contributed by atoms with E-state index in [-0.39, 0.29) is 0 Å². The lowest BCUT2D eigenvalue weighted by Crippen LogP contribution is -2.49. The molecule has 3 aliphatic carbocycles. The van der Waals surface area contributed by atoms with Crippen LogP contribution in [-0.2, 0) is 10.8 Å². The predicted octanol–water partition coefficient (Wildman–Crippen LogP) is 4.03. The first-order chi connectivity index (χ1) is 11.8. The van der Waals surface area contributed by atoms with Gasteiger partial charge in [0.25, 0.3) is 0 Å². The van der Waals surface area contributed by atoms with Crippen LogP contribution in [0.2, 0.25) is 0 Å². The maximum absolute atomic E-state index is 10.3. The van der Waals surface area contributed by atoms with Gasteiger partial charge in [0.05, 0.1) is 12.1 Å². The zero-order valence-corrected chi connectivity index (χ0v) is 12.8. The van der Waals surface area contributed by atoms with Crippen LogP contribution in [0.4, 0.5) is 0 Å². The van der Waals surface area contributed by atoms with Gasteiger partial charge < -0.3 is 0 Å². The van der Waals surface area contributed by atoms with E-state index in [0.29, 0.717) is 0 Å². The summed E-state index contributed by atoms with van der Waals surface area (Å²) in [5.74, 6) is 0. The van der Waals surface area contributed by atoms with Crippen molar-refractivity contribution in [1.82, 2.24) is 0 Å². The largest absolute Gasteiger partial charge is 0.197 e. The summed E-state index contributed by atoms with van der Waals surface area (Å²) in [7, 11) is 0. The van der Waals surface area contributed by atoms with Crippen molar-refractivity contribution in [2.24, 2.45) is 0 Å². The van der Waals surface area contributed by atoms with E-state index in [4.69, 9.17) is 0 Å². The lowest BCUT2D eigenvalue weighted by molar-refractivity contribution is 0.597. The first-order valence-corrected chi connectivity index (χ1v) is 7.93. The number of rotatable bonds is 0. The maximum Gasteiger partial charge on any atom is 0.133 e. The zero-order valence-electron chi connectivity index (χ0n) is 12.8. The Morgan fingerprint density at radius 3 is 0.833 bits per heavy atom. The van der Waals surface area contributed by atoms with Gasteiger partial charge in [0.1, 0.15) is 10.8 Å². The lowest BCUT2D eigenvalue weighted by Gasteiger charge is -2.50. The molecule has 0 atom stereocenters. The molecule has 2 nitrogen and oxygen atoms in total. The molecule has 24 heavy (non-hydrogen) atoms. The molecule has 0 saturated carbocycles. The fourth-order valence-electron chi connectivity index (χ4n) is 4.64. The van der Waals surface area contributed by atoms with Crippen LogP contribution >= 0.6 is 0 Å². The molecule has 0 spiro atoms. The molecule has 3 aliphatic rings. The Bertz CT molecular complexity index is 890. The van der Waals surface area contributed by atoms with E-state index in [1.807, 2.05) is 72.8 Å². The molecular weight excluding hydrogens is 292 g/mol. The van der Waals surface area contributed by atoms with E-state index in [9.17, 15) is 10.5 Å². The minimum Gasteiger partial charge on any atom is -0.197 e. The summed E-state index contributed by atoms with van der Waals surface area (Å²) in [5, 5.41) is 20.7.